The third kappa shape index (κ3) is 8.83. The summed E-state index contributed by atoms with van der Waals surface area (Å²) in [6.45, 7) is 0. The summed E-state index contributed by atoms with van der Waals surface area (Å²) in [5.74, 6) is 0. The lowest BCUT2D eigenvalue weighted by atomic mass is 28.1. The summed E-state index contributed by atoms with van der Waals surface area (Å²) in [5, 5.41) is 0. The van der Waals surface area contributed by atoms with Gasteiger partial charge in [0.05, 0.1) is 0 Å². The second-order valence-electron chi connectivity index (χ2n) is 0. The van der Waals surface area contributed by atoms with E-state index in [-0.39, 0.29) is 82.9 Å². The van der Waals surface area contributed by atoms with Crippen LogP contribution in [-0.2, 0) is 0 Å². The smallest absolute Gasteiger partial charge is 0.0149 e. The Balaban J connectivity index is 0. The van der Waals surface area contributed by atoms with Crippen molar-refractivity contribution in [1.82, 2.24) is 0 Å². The number of hydrogen-bond acceptors (Lipinski definition) is 0. The minimum atomic E-state index is 0. The van der Waals surface area contributed by atoms with Gasteiger partial charge >= 0.3 is 0 Å². The van der Waals surface area contributed by atoms with E-state index in [2.05, 4.69) is 0 Å². The Bertz CT molecular complexity index is 3.25. The van der Waals surface area contributed by atoms with Gasteiger partial charge in [-0.15, -0.1) is 71.9 Å². The lowest BCUT2D eigenvalue weighted by molar-refractivity contribution is 5.75. The molecule has 0 saturated heterocycles. The van der Waals surface area contributed by atoms with E-state index in [0.29, 0.717) is 0 Å². The first kappa shape index (κ1) is 32.3. The first-order chi connectivity index (χ1) is 0. The molecule has 0 aromatic heterocycles. The lowest BCUT2D eigenvalue weighted by Gasteiger charge is -0.108. The number of rotatable bonds is 0. The first-order valence-corrected chi connectivity index (χ1v) is 0. The summed E-state index contributed by atoms with van der Waals surface area (Å²) in [6.07, 6.45) is 0. The summed E-state index contributed by atoms with van der Waals surface area (Å²) in [4.78, 5) is 0. The molecular formula is H7I3Si. The SMILES string of the molecule is I.I.I.[SiH4]. The fourth-order valence-electron chi connectivity index (χ4n) is 0. The highest BCUT2D eigenvalue weighted by Crippen LogP contribution is 0.888. The van der Waals surface area contributed by atoms with E-state index in [0.717, 1.165) is 0 Å². The lowest BCUT2D eigenvalue weighted by Crippen LogP contribution is -0.381. The van der Waals surface area contributed by atoms with E-state index in [1.807, 2.05) is 0 Å². The Hall–Kier alpha value is 2.41. The Morgan fingerprint density at radius 1 is 0.500 bits per heavy atom. The normalized spacial score (nSPS) is 0. The van der Waals surface area contributed by atoms with E-state index >= 15 is 0 Å². The van der Waals surface area contributed by atoms with Crippen LogP contribution in [0.2, 0.25) is 0 Å². The molecule has 0 bridgehead atoms. The Morgan fingerprint density at radius 2 is 0.500 bits per heavy atom. The minimum absolute atomic E-state index is 0. The molecule has 0 aliphatic heterocycles. The summed E-state index contributed by atoms with van der Waals surface area (Å²) < 4.78 is 0. The highest BCUT2D eigenvalue weighted by atomic mass is 127. The Labute approximate surface area is 81.6 Å². The van der Waals surface area contributed by atoms with Gasteiger partial charge in [-0.3, -0.25) is 0 Å². The molecule has 4 heavy (non-hydrogen) atoms. The van der Waals surface area contributed by atoms with Crippen LogP contribution in [0.3, 0.4) is 0 Å². The molecule has 0 N–H and O–H groups in total. The van der Waals surface area contributed by atoms with Gasteiger partial charge in [-0.25, -0.2) is 0 Å². The Kier molecular flexibility index (Phi) is 147. The van der Waals surface area contributed by atoms with Crippen molar-refractivity contribution in [3.8, 4) is 0 Å². The van der Waals surface area contributed by atoms with Crippen molar-refractivity contribution in [1.29, 1.82) is 0 Å². The van der Waals surface area contributed by atoms with E-state index in [4.69, 9.17) is 0 Å². The van der Waals surface area contributed by atoms with Crippen LogP contribution in [0.25, 0.3) is 0 Å². The van der Waals surface area contributed by atoms with Crippen LogP contribution in [-0.4, -0.2) is 11.0 Å². The van der Waals surface area contributed by atoms with E-state index in [1.54, 1.807) is 0 Å². The molecule has 0 heterocycles. The molecule has 0 amide bonds. The van der Waals surface area contributed by atoms with Crippen molar-refractivity contribution in [2.75, 3.05) is 0 Å². The molecule has 4 heteroatoms. The van der Waals surface area contributed by atoms with Crippen LogP contribution >= 0.6 is 71.9 Å². The second-order valence-corrected chi connectivity index (χ2v) is 0. The van der Waals surface area contributed by atoms with Gasteiger partial charge < -0.3 is 0 Å². The van der Waals surface area contributed by atoms with Crippen molar-refractivity contribution in [3.63, 3.8) is 0 Å². The maximum atomic E-state index is 0. The van der Waals surface area contributed by atoms with Crippen LogP contribution < -0.4 is 0 Å². The Morgan fingerprint density at radius 3 is 0.500 bits per heavy atom. The summed E-state index contributed by atoms with van der Waals surface area (Å²) in [6, 6.07) is 0. The molecule has 0 aromatic rings. The largest absolute Gasteiger partial charge is 0.107 e. The summed E-state index contributed by atoms with van der Waals surface area (Å²) >= 11 is 0. The van der Waals surface area contributed by atoms with Crippen LogP contribution in [0.4, 0.5) is 0 Å². The molecule has 0 nitrogen and oxygen atoms in total. The predicted octanol–water partition coefficient (Wildman–Crippen LogP) is 0.402. The van der Waals surface area contributed by atoms with Crippen LogP contribution in [0.1, 0.15) is 0 Å². The fraction of sp³-hybridized carbons (Fsp3) is 0. The zero-order valence-electron chi connectivity index (χ0n) is 1.22. The molecule has 0 atom stereocenters. The zero-order chi connectivity index (χ0) is 0. The molecule has 0 aliphatic rings. The average Bonchev–Trinajstić information content (AvgIpc) is 0. The standard InChI is InChI=1S/3HI.H4Si/h3*1H;1H4. The third-order valence-corrected chi connectivity index (χ3v) is 0. The predicted molar refractivity (Wildman–Crippen MR) is 57.6 cm³/mol. The molecule has 0 unspecified atom stereocenters. The molecule has 0 saturated carbocycles. The highest BCUT2D eigenvalue weighted by Gasteiger charge is -0.0148. The van der Waals surface area contributed by atoms with Gasteiger partial charge in [0.2, 0.25) is 0 Å². The van der Waals surface area contributed by atoms with Crippen LogP contribution in [0, 0.1) is 0 Å². The first-order valence-electron chi connectivity index (χ1n) is 0. The van der Waals surface area contributed by atoms with Crippen LogP contribution in [0.15, 0.2) is 0 Å². The van der Waals surface area contributed by atoms with Gasteiger partial charge in [0.1, 0.15) is 0 Å². The quantitative estimate of drug-likeness (QED) is 0.397. The fourth-order valence-corrected chi connectivity index (χ4v) is 0. The minimum Gasteiger partial charge on any atom is -0.107 e. The molecule has 0 radical (unpaired) electrons. The average molecular weight is 416 g/mol. The monoisotopic (exact) mass is 416 g/mol. The van der Waals surface area contributed by atoms with Gasteiger partial charge in [0, 0.05) is 0 Å². The van der Waals surface area contributed by atoms with Gasteiger partial charge in [-0.1, -0.05) is 0 Å². The number of hydrogen-bond donors (Lipinski definition) is 0. The number of halogens is 3. The van der Waals surface area contributed by atoms with Crippen molar-refractivity contribution in [3.05, 3.63) is 0 Å². The zero-order valence-corrected chi connectivity index (χ0v) is 8.22. The summed E-state index contributed by atoms with van der Waals surface area (Å²) in [7, 11) is 0. The molecule has 0 aliphatic carbocycles. The van der Waals surface area contributed by atoms with Gasteiger partial charge in [0.25, 0.3) is 0 Å². The van der Waals surface area contributed by atoms with E-state index in [1.165, 1.54) is 0 Å². The second kappa shape index (κ2) is 18.1. The van der Waals surface area contributed by atoms with E-state index in [9.17, 15) is 0 Å². The highest BCUT2D eigenvalue weighted by molar-refractivity contribution is 14.0. The van der Waals surface area contributed by atoms with Crippen molar-refractivity contribution in [2.24, 2.45) is 0 Å². The van der Waals surface area contributed by atoms with Gasteiger partial charge in [-0.05, 0) is 11.0 Å². The van der Waals surface area contributed by atoms with Gasteiger partial charge in [-0.2, -0.15) is 0 Å². The van der Waals surface area contributed by atoms with Crippen LogP contribution in [0.5, 0.6) is 0 Å². The van der Waals surface area contributed by atoms with Crippen molar-refractivity contribution < 1.29 is 0 Å². The summed E-state index contributed by atoms with van der Waals surface area (Å²) in [5.41, 5.74) is 0. The molecule has 0 rings (SSSR count). The van der Waals surface area contributed by atoms with E-state index < -0.39 is 0 Å². The molecule has 0 fully saturated rings. The molecule has 0 aromatic carbocycles. The molecule has 32 valence electrons. The molecule has 0 spiro atoms. The maximum Gasteiger partial charge on any atom is -0.0149 e. The topological polar surface area (TPSA) is 0 Å². The molecular weight excluding hydrogens is 409 g/mol. The maximum absolute atomic E-state index is 0. The van der Waals surface area contributed by atoms with Crippen molar-refractivity contribution in [2.45, 2.75) is 0 Å². The third-order valence-electron chi connectivity index (χ3n) is 0. The van der Waals surface area contributed by atoms with Gasteiger partial charge in [0.15, 0.2) is 0 Å². The van der Waals surface area contributed by atoms with Crippen molar-refractivity contribution >= 4 is 82.9 Å².